The Morgan fingerprint density at radius 3 is 2.73 bits per heavy atom. The highest BCUT2D eigenvalue weighted by Crippen LogP contribution is 2.40. The van der Waals surface area contributed by atoms with E-state index in [1.165, 1.54) is 16.7 Å². The lowest BCUT2D eigenvalue weighted by molar-refractivity contribution is -0.0746. The molecule has 0 amide bonds. The molecule has 1 aromatic carbocycles. The Morgan fingerprint density at radius 2 is 2.13 bits per heavy atom. The summed E-state index contributed by atoms with van der Waals surface area (Å²) >= 11 is 0. The number of hydrogen-bond acceptors (Lipinski definition) is 2. The van der Waals surface area contributed by atoms with Crippen LogP contribution in [0.5, 0.6) is 0 Å². The average Bonchev–Trinajstić information content (AvgIpc) is 2.54. The lowest BCUT2D eigenvalue weighted by Gasteiger charge is -2.39. The summed E-state index contributed by atoms with van der Waals surface area (Å²) in [5.41, 5.74) is 4.24. The molecule has 1 fully saturated rings. The molecule has 0 aliphatic carbocycles. The van der Waals surface area contributed by atoms with E-state index in [1.54, 1.807) is 0 Å². The molecule has 0 atom stereocenters. The molecule has 15 heavy (non-hydrogen) atoms. The van der Waals surface area contributed by atoms with Crippen molar-refractivity contribution in [1.82, 2.24) is 5.32 Å². The maximum absolute atomic E-state index is 5.92. The van der Waals surface area contributed by atoms with Crippen LogP contribution in [0.3, 0.4) is 0 Å². The third kappa shape index (κ3) is 1.25. The number of fused-ring (bicyclic) bond motifs is 2. The highest BCUT2D eigenvalue weighted by Gasteiger charge is 2.45. The van der Waals surface area contributed by atoms with Crippen molar-refractivity contribution >= 4 is 0 Å². The highest BCUT2D eigenvalue weighted by molar-refractivity contribution is 5.41. The van der Waals surface area contributed by atoms with Gasteiger partial charge in [0.2, 0.25) is 0 Å². The van der Waals surface area contributed by atoms with E-state index in [2.05, 4.69) is 37.4 Å². The van der Waals surface area contributed by atoms with Gasteiger partial charge in [-0.3, -0.25) is 0 Å². The van der Waals surface area contributed by atoms with E-state index in [0.717, 1.165) is 19.7 Å². The maximum atomic E-state index is 5.92. The summed E-state index contributed by atoms with van der Waals surface area (Å²) in [5, 5.41) is 3.30. The molecule has 0 saturated carbocycles. The Morgan fingerprint density at radius 1 is 1.33 bits per heavy atom. The van der Waals surface area contributed by atoms with Gasteiger partial charge in [-0.05, 0) is 22.6 Å². The van der Waals surface area contributed by atoms with Crippen LogP contribution in [0.25, 0.3) is 0 Å². The van der Waals surface area contributed by atoms with Gasteiger partial charge in [-0.25, -0.2) is 0 Å². The molecular weight excluding hydrogens is 186 g/mol. The van der Waals surface area contributed by atoms with Gasteiger partial charge < -0.3 is 10.1 Å². The molecular formula is C13H17NO. The molecule has 3 rings (SSSR count). The molecule has 2 nitrogen and oxygen atoms in total. The fraction of sp³-hybridized carbons (Fsp3) is 0.538. The lowest BCUT2D eigenvalue weighted by atomic mass is 9.85. The molecule has 1 spiro atoms. The van der Waals surface area contributed by atoms with Gasteiger partial charge in [0.15, 0.2) is 0 Å². The van der Waals surface area contributed by atoms with Crippen molar-refractivity contribution in [3.63, 3.8) is 0 Å². The Hall–Kier alpha value is -0.860. The zero-order chi connectivity index (χ0) is 10.5. The first-order valence-corrected chi connectivity index (χ1v) is 5.69. The van der Waals surface area contributed by atoms with E-state index in [0.29, 0.717) is 5.92 Å². The predicted octanol–water partition coefficient (Wildman–Crippen LogP) is 2.14. The summed E-state index contributed by atoms with van der Waals surface area (Å²) in [4.78, 5) is 0. The molecule has 1 aromatic rings. The summed E-state index contributed by atoms with van der Waals surface area (Å²) in [6.07, 6.45) is 0. The van der Waals surface area contributed by atoms with Crippen molar-refractivity contribution in [3.8, 4) is 0 Å². The molecule has 0 aromatic heterocycles. The summed E-state index contributed by atoms with van der Waals surface area (Å²) in [6, 6.07) is 6.82. The van der Waals surface area contributed by atoms with Crippen molar-refractivity contribution in [2.24, 2.45) is 0 Å². The summed E-state index contributed by atoms with van der Waals surface area (Å²) in [6.45, 7) is 7.20. The SMILES string of the molecule is CC(C)c1ccc2c(c1)COC21CNC1. The normalized spacial score (nSPS) is 21.8. The lowest BCUT2D eigenvalue weighted by Crippen LogP contribution is -2.56. The number of rotatable bonds is 1. The van der Waals surface area contributed by atoms with Gasteiger partial charge in [0.25, 0.3) is 0 Å². The Labute approximate surface area is 90.6 Å². The van der Waals surface area contributed by atoms with Crippen molar-refractivity contribution in [2.75, 3.05) is 13.1 Å². The Bertz CT molecular complexity index is 394. The topological polar surface area (TPSA) is 21.3 Å². The number of hydrogen-bond donors (Lipinski definition) is 1. The van der Waals surface area contributed by atoms with Gasteiger partial charge >= 0.3 is 0 Å². The molecule has 1 saturated heterocycles. The minimum absolute atomic E-state index is 0.0187. The van der Waals surface area contributed by atoms with Crippen LogP contribution in [0.15, 0.2) is 18.2 Å². The van der Waals surface area contributed by atoms with Crippen LogP contribution in [0.1, 0.15) is 36.5 Å². The van der Waals surface area contributed by atoms with Gasteiger partial charge in [0, 0.05) is 13.1 Å². The second-order valence-corrected chi connectivity index (χ2v) is 4.96. The minimum Gasteiger partial charge on any atom is -0.363 e. The Balaban J connectivity index is 2.02. The van der Waals surface area contributed by atoms with E-state index >= 15 is 0 Å². The predicted molar refractivity (Wildman–Crippen MR) is 59.9 cm³/mol. The molecule has 2 heteroatoms. The van der Waals surface area contributed by atoms with Crippen LogP contribution in [-0.4, -0.2) is 13.1 Å². The zero-order valence-corrected chi connectivity index (χ0v) is 9.34. The van der Waals surface area contributed by atoms with E-state index in [9.17, 15) is 0 Å². The molecule has 2 aliphatic heterocycles. The first-order valence-electron chi connectivity index (χ1n) is 5.69. The fourth-order valence-electron chi connectivity index (χ4n) is 2.47. The summed E-state index contributed by atoms with van der Waals surface area (Å²) in [5.74, 6) is 0.603. The van der Waals surface area contributed by atoms with E-state index < -0.39 is 0 Å². The van der Waals surface area contributed by atoms with Crippen LogP contribution >= 0.6 is 0 Å². The highest BCUT2D eigenvalue weighted by atomic mass is 16.5. The second kappa shape index (κ2) is 3.06. The van der Waals surface area contributed by atoms with Crippen molar-refractivity contribution in [2.45, 2.75) is 32.0 Å². The smallest absolute Gasteiger partial charge is 0.119 e. The third-order valence-electron chi connectivity index (χ3n) is 3.61. The van der Waals surface area contributed by atoms with E-state index in [-0.39, 0.29) is 5.60 Å². The maximum Gasteiger partial charge on any atom is 0.119 e. The van der Waals surface area contributed by atoms with Gasteiger partial charge in [-0.2, -0.15) is 0 Å². The molecule has 0 radical (unpaired) electrons. The molecule has 0 bridgehead atoms. The summed E-state index contributed by atoms with van der Waals surface area (Å²) in [7, 11) is 0. The summed E-state index contributed by atoms with van der Waals surface area (Å²) < 4.78 is 5.92. The minimum atomic E-state index is 0.0187. The van der Waals surface area contributed by atoms with Crippen LogP contribution in [0.2, 0.25) is 0 Å². The fourth-order valence-corrected chi connectivity index (χ4v) is 2.47. The number of ether oxygens (including phenoxy) is 1. The van der Waals surface area contributed by atoms with Crippen LogP contribution in [0.4, 0.5) is 0 Å². The number of nitrogens with one attached hydrogen (secondary N) is 1. The zero-order valence-electron chi connectivity index (χ0n) is 9.34. The van der Waals surface area contributed by atoms with Gasteiger partial charge in [0.05, 0.1) is 6.61 Å². The quantitative estimate of drug-likeness (QED) is 0.755. The van der Waals surface area contributed by atoms with Crippen molar-refractivity contribution in [1.29, 1.82) is 0 Å². The van der Waals surface area contributed by atoms with Crippen LogP contribution < -0.4 is 5.32 Å². The largest absolute Gasteiger partial charge is 0.363 e. The second-order valence-electron chi connectivity index (χ2n) is 4.96. The van der Waals surface area contributed by atoms with Crippen molar-refractivity contribution < 1.29 is 4.74 Å². The molecule has 1 N–H and O–H groups in total. The molecule has 80 valence electrons. The monoisotopic (exact) mass is 203 g/mol. The van der Waals surface area contributed by atoms with Gasteiger partial charge in [-0.15, -0.1) is 0 Å². The number of benzene rings is 1. The van der Waals surface area contributed by atoms with Crippen LogP contribution in [0, 0.1) is 0 Å². The van der Waals surface area contributed by atoms with E-state index in [1.807, 2.05) is 0 Å². The standard InChI is InChI=1S/C13H17NO/c1-9(2)10-3-4-12-11(5-10)6-15-13(12)7-14-8-13/h3-5,9,14H,6-8H2,1-2H3. The van der Waals surface area contributed by atoms with Crippen molar-refractivity contribution in [3.05, 3.63) is 34.9 Å². The molecule has 2 heterocycles. The van der Waals surface area contributed by atoms with Crippen LogP contribution in [-0.2, 0) is 16.9 Å². The first kappa shape index (κ1) is 9.37. The molecule has 2 aliphatic rings. The average molecular weight is 203 g/mol. The van der Waals surface area contributed by atoms with Gasteiger partial charge in [0.1, 0.15) is 5.60 Å². The van der Waals surface area contributed by atoms with Gasteiger partial charge in [-0.1, -0.05) is 32.0 Å². The van der Waals surface area contributed by atoms with E-state index in [4.69, 9.17) is 4.74 Å². The first-order chi connectivity index (χ1) is 7.21. The third-order valence-corrected chi connectivity index (χ3v) is 3.61. The Kier molecular flexibility index (Phi) is 1.91. The molecule has 0 unspecified atom stereocenters.